The van der Waals surface area contributed by atoms with Crippen molar-refractivity contribution in [2.75, 3.05) is 5.32 Å². The summed E-state index contributed by atoms with van der Waals surface area (Å²) < 4.78 is 7.35. The number of halogens is 1. The molecule has 154 valence electrons. The summed E-state index contributed by atoms with van der Waals surface area (Å²) in [7, 11) is 0. The van der Waals surface area contributed by atoms with Gasteiger partial charge in [-0.25, -0.2) is 9.97 Å². The molecule has 0 saturated heterocycles. The number of fused-ring (bicyclic) bond motifs is 1. The highest BCUT2D eigenvalue weighted by Gasteiger charge is 2.33. The van der Waals surface area contributed by atoms with Gasteiger partial charge in [0.1, 0.15) is 11.6 Å². The maximum absolute atomic E-state index is 12.6. The SMILES string of the molecule is Cc1nn(-c2ccc(Cl)nn2)c2c1[C@H](c1cccc(Oc3ncccn3)c1)CC(=O)N2. The quantitative estimate of drug-likeness (QED) is 0.523. The second-order valence-electron chi connectivity index (χ2n) is 6.98. The third-order valence-corrected chi connectivity index (χ3v) is 5.15. The minimum absolute atomic E-state index is 0.113. The Kier molecular flexibility index (Phi) is 4.79. The fourth-order valence-corrected chi connectivity index (χ4v) is 3.76. The first kappa shape index (κ1) is 19.1. The summed E-state index contributed by atoms with van der Waals surface area (Å²) in [5.74, 6) is 1.32. The Balaban J connectivity index is 1.54. The molecule has 4 aromatic rings. The second kappa shape index (κ2) is 7.77. The van der Waals surface area contributed by atoms with Crippen molar-refractivity contribution in [3.05, 3.63) is 76.8 Å². The van der Waals surface area contributed by atoms with Crippen LogP contribution in [0, 0.1) is 6.92 Å². The number of ether oxygens (including phenoxy) is 1. The molecule has 31 heavy (non-hydrogen) atoms. The Bertz CT molecular complexity index is 1260. The predicted octanol–water partition coefficient (Wildman–Crippen LogP) is 3.68. The molecule has 5 rings (SSSR count). The Morgan fingerprint density at radius 1 is 1.13 bits per heavy atom. The van der Waals surface area contributed by atoms with E-state index in [4.69, 9.17) is 16.3 Å². The van der Waals surface area contributed by atoms with E-state index in [-0.39, 0.29) is 29.4 Å². The van der Waals surface area contributed by atoms with Crippen LogP contribution in [0.1, 0.15) is 29.2 Å². The van der Waals surface area contributed by atoms with Gasteiger partial charge in [-0.2, -0.15) is 9.78 Å². The maximum Gasteiger partial charge on any atom is 0.321 e. The summed E-state index contributed by atoms with van der Waals surface area (Å²) in [4.78, 5) is 20.7. The Hall–Kier alpha value is -3.85. The molecule has 0 bridgehead atoms. The molecule has 1 atom stereocenters. The molecular weight excluding hydrogens is 418 g/mol. The average Bonchev–Trinajstić information content (AvgIpc) is 3.11. The second-order valence-corrected chi connectivity index (χ2v) is 7.37. The lowest BCUT2D eigenvalue weighted by Gasteiger charge is -2.24. The van der Waals surface area contributed by atoms with Gasteiger partial charge in [-0.1, -0.05) is 23.7 Å². The number of hydrogen-bond acceptors (Lipinski definition) is 7. The zero-order valence-corrected chi connectivity index (χ0v) is 17.1. The fraction of sp³-hybridized carbons (Fsp3) is 0.143. The van der Waals surface area contributed by atoms with Gasteiger partial charge in [0.15, 0.2) is 11.0 Å². The van der Waals surface area contributed by atoms with Crippen molar-refractivity contribution >= 4 is 23.3 Å². The number of aryl methyl sites for hydroxylation is 1. The molecular formula is C21H16ClN7O2. The molecule has 1 N–H and O–H groups in total. The van der Waals surface area contributed by atoms with Gasteiger partial charge in [0.25, 0.3) is 0 Å². The molecule has 0 aliphatic carbocycles. The lowest BCUT2D eigenvalue weighted by Crippen LogP contribution is -2.25. The number of nitrogens with zero attached hydrogens (tertiary/aromatic N) is 6. The molecule has 0 fully saturated rings. The predicted molar refractivity (Wildman–Crippen MR) is 113 cm³/mol. The monoisotopic (exact) mass is 433 g/mol. The van der Waals surface area contributed by atoms with E-state index in [1.165, 1.54) is 0 Å². The average molecular weight is 434 g/mol. The molecule has 1 aliphatic heterocycles. The molecule has 0 spiro atoms. The minimum Gasteiger partial charge on any atom is -0.424 e. The first-order valence-corrected chi connectivity index (χ1v) is 9.90. The minimum atomic E-state index is -0.196. The Labute approximate surface area is 182 Å². The molecule has 1 aliphatic rings. The van der Waals surface area contributed by atoms with Crippen LogP contribution in [0.4, 0.5) is 5.82 Å². The normalized spacial score (nSPS) is 15.3. The number of hydrogen-bond donors (Lipinski definition) is 1. The Morgan fingerprint density at radius 3 is 2.74 bits per heavy atom. The van der Waals surface area contributed by atoms with Gasteiger partial charge in [0, 0.05) is 30.3 Å². The van der Waals surface area contributed by atoms with Gasteiger partial charge in [0.05, 0.1) is 5.69 Å². The standard InChI is InChI=1S/C21H16ClN7O2/c1-12-19-15(13-4-2-5-14(10-13)31-21-23-8-3-9-24-21)11-18(30)25-20(19)29(28-12)17-7-6-16(22)26-27-17/h2-10,15H,11H2,1H3,(H,25,30)/t15-/m0/s1. The number of benzene rings is 1. The van der Waals surface area contributed by atoms with Gasteiger partial charge in [-0.05, 0) is 42.8 Å². The van der Waals surface area contributed by atoms with E-state index < -0.39 is 0 Å². The van der Waals surface area contributed by atoms with Gasteiger partial charge in [-0.3, -0.25) is 4.79 Å². The van der Waals surface area contributed by atoms with E-state index >= 15 is 0 Å². The van der Waals surface area contributed by atoms with Crippen LogP contribution in [0.5, 0.6) is 11.8 Å². The summed E-state index contributed by atoms with van der Waals surface area (Å²) in [5, 5.41) is 15.8. The zero-order chi connectivity index (χ0) is 21.4. The van der Waals surface area contributed by atoms with Crippen LogP contribution in [-0.2, 0) is 4.79 Å². The number of rotatable bonds is 4. The van der Waals surface area contributed by atoms with Crippen LogP contribution in [0.3, 0.4) is 0 Å². The van der Waals surface area contributed by atoms with Crippen LogP contribution in [0.25, 0.3) is 5.82 Å². The largest absolute Gasteiger partial charge is 0.424 e. The fourth-order valence-electron chi connectivity index (χ4n) is 3.66. The molecule has 10 heteroatoms. The summed E-state index contributed by atoms with van der Waals surface area (Å²) in [6, 6.07) is 12.9. The van der Waals surface area contributed by atoms with Crippen molar-refractivity contribution < 1.29 is 9.53 Å². The molecule has 4 heterocycles. The highest BCUT2D eigenvalue weighted by Crippen LogP contribution is 2.40. The highest BCUT2D eigenvalue weighted by molar-refractivity contribution is 6.29. The van der Waals surface area contributed by atoms with Crippen molar-refractivity contribution in [2.24, 2.45) is 0 Å². The lowest BCUT2D eigenvalue weighted by atomic mass is 9.86. The number of carbonyl (C=O) groups is 1. The smallest absolute Gasteiger partial charge is 0.321 e. The van der Waals surface area contributed by atoms with Crippen molar-refractivity contribution in [1.82, 2.24) is 29.9 Å². The topological polar surface area (TPSA) is 108 Å². The van der Waals surface area contributed by atoms with E-state index in [2.05, 4.69) is 30.6 Å². The summed E-state index contributed by atoms with van der Waals surface area (Å²) >= 11 is 5.85. The van der Waals surface area contributed by atoms with Crippen molar-refractivity contribution in [2.45, 2.75) is 19.3 Å². The zero-order valence-electron chi connectivity index (χ0n) is 16.4. The van der Waals surface area contributed by atoms with E-state index in [1.54, 1.807) is 35.3 Å². The molecule has 0 radical (unpaired) electrons. The van der Waals surface area contributed by atoms with E-state index in [1.807, 2.05) is 31.2 Å². The maximum atomic E-state index is 12.6. The van der Waals surface area contributed by atoms with Gasteiger partial charge < -0.3 is 10.1 Å². The number of carbonyl (C=O) groups excluding carboxylic acids is 1. The van der Waals surface area contributed by atoms with Crippen LogP contribution in [0.2, 0.25) is 5.15 Å². The Morgan fingerprint density at radius 2 is 1.97 bits per heavy atom. The molecule has 1 aromatic carbocycles. The number of nitrogens with one attached hydrogen (secondary N) is 1. The first-order valence-electron chi connectivity index (χ1n) is 9.52. The summed E-state index contributed by atoms with van der Waals surface area (Å²) in [6.45, 7) is 1.90. The number of anilines is 1. The molecule has 0 unspecified atom stereocenters. The van der Waals surface area contributed by atoms with Crippen molar-refractivity contribution in [1.29, 1.82) is 0 Å². The summed E-state index contributed by atoms with van der Waals surface area (Å²) in [5.41, 5.74) is 2.63. The van der Waals surface area contributed by atoms with Gasteiger partial charge in [-0.15, -0.1) is 10.2 Å². The molecule has 9 nitrogen and oxygen atoms in total. The van der Waals surface area contributed by atoms with Crippen LogP contribution in [0.15, 0.2) is 54.9 Å². The highest BCUT2D eigenvalue weighted by atomic mass is 35.5. The molecule has 1 amide bonds. The van der Waals surface area contributed by atoms with E-state index in [0.29, 0.717) is 17.4 Å². The first-order chi connectivity index (χ1) is 15.1. The molecule has 0 saturated carbocycles. The van der Waals surface area contributed by atoms with Gasteiger partial charge in [0.2, 0.25) is 5.91 Å². The number of aromatic nitrogens is 6. The summed E-state index contributed by atoms with van der Waals surface area (Å²) in [6.07, 6.45) is 3.51. The van der Waals surface area contributed by atoms with E-state index in [9.17, 15) is 4.79 Å². The van der Waals surface area contributed by atoms with E-state index in [0.717, 1.165) is 16.8 Å². The lowest BCUT2D eigenvalue weighted by molar-refractivity contribution is -0.116. The molecule has 3 aromatic heterocycles. The van der Waals surface area contributed by atoms with Crippen LogP contribution in [-0.4, -0.2) is 35.9 Å². The van der Waals surface area contributed by atoms with Crippen molar-refractivity contribution in [3.8, 4) is 17.6 Å². The third kappa shape index (κ3) is 3.71. The van der Waals surface area contributed by atoms with Crippen molar-refractivity contribution in [3.63, 3.8) is 0 Å². The van der Waals surface area contributed by atoms with Crippen LogP contribution < -0.4 is 10.1 Å². The number of amides is 1. The third-order valence-electron chi connectivity index (χ3n) is 4.95. The van der Waals surface area contributed by atoms with Crippen LogP contribution >= 0.6 is 11.6 Å². The van der Waals surface area contributed by atoms with Gasteiger partial charge >= 0.3 is 6.01 Å².